The van der Waals surface area contributed by atoms with Crippen LogP contribution in [0.25, 0.3) is 0 Å². The molecule has 1 aromatic rings. The number of hydrogen-bond acceptors (Lipinski definition) is 4. The normalized spacial score (nSPS) is 23.1. The lowest BCUT2D eigenvalue weighted by atomic mass is 10.2. The Hall–Kier alpha value is -1.33. The maximum atomic E-state index is 12.3. The molecule has 0 saturated carbocycles. The number of halogens is 1. The van der Waals surface area contributed by atoms with Crippen molar-refractivity contribution in [3.05, 3.63) is 23.4 Å². The highest BCUT2D eigenvalue weighted by Crippen LogP contribution is 2.23. The SMILES string of the molecule is O=C([C@@H]1CCCN1)N1CCN(c2ncccc2Cl)CC1. The largest absolute Gasteiger partial charge is 0.352 e. The molecule has 3 heterocycles. The van der Waals surface area contributed by atoms with Gasteiger partial charge in [0.15, 0.2) is 0 Å². The fraction of sp³-hybridized carbons (Fsp3) is 0.571. The highest BCUT2D eigenvalue weighted by Gasteiger charge is 2.29. The first kappa shape index (κ1) is 13.6. The van der Waals surface area contributed by atoms with Gasteiger partial charge in [0.2, 0.25) is 5.91 Å². The summed E-state index contributed by atoms with van der Waals surface area (Å²) in [5.41, 5.74) is 0. The Balaban J connectivity index is 1.59. The molecule has 0 bridgehead atoms. The molecular weight excluding hydrogens is 276 g/mol. The summed E-state index contributed by atoms with van der Waals surface area (Å²) in [4.78, 5) is 20.7. The molecule has 1 amide bonds. The van der Waals surface area contributed by atoms with Crippen molar-refractivity contribution in [1.82, 2.24) is 15.2 Å². The van der Waals surface area contributed by atoms with E-state index in [2.05, 4.69) is 15.2 Å². The van der Waals surface area contributed by atoms with E-state index >= 15 is 0 Å². The van der Waals surface area contributed by atoms with Gasteiger partial charge in [-0.2, -0.15) is 0 Å². The van der Waals surface area contributed by atoms with Crippen LogP contribution < -0.4 is 10.2 Å². The third-order valence-electron chi connectivity index (χ3n) is 3.99. The molecule has 2 fully saturated rings. The van der Waals surface area contributed by atoms with Crippen LogP contribution >= 0.6 is 11.6 Å². The summed E-state index contributed by atoms with van der Waals surface area (Å²) in [6, 6.07) is 3.71. The van der Waals surface area contributed by atoms with Crippen molar-refractivity contribution in [2.24, 2.45) is 0 Å². The zero-order chi connectivity index (χ0) is 13.9. The van der Waals surface area contributed by atoms with Crippen LogP contribution in [0.2, 0.25) is 5.02 Å². The Kier molecular flexibility index (Phi) is 4.08. The summed E-state index contributed by atoms with van der Waals surface area (Å²) in [5, 5.41) is 3.94. The number of piperazine rings is 1. The lowest BCUT2D eigenvalue weighted by molar-refractivity contribution is -0.133. The number of amides is 1. The minimum Gasteiger partial charge on any atom is -0.352 e. The summed E-state index contributed by atoms with van der Waals surface area (Å²) in [5.74, 6) is 1.06. The lowest BCUT2D eigenvalue weighted by Crippen LogP contribution is -2.53. The smallest absolute Gasteiger partial charge is 0.239 e. The Morgan fingerprint density at radius 3 is 2.80 bits per heavy atom. The van der Waals surface area contributed by atoms with Crippen LogP contribution in [0.4, 0.5) is 5.82 Å². The summed E-state index contributed by atoms with van der Waals surface area (Å²) in [6.45, 7) is 4.01. The molecule has 0 unspecified atom stereocenters. The highest BCUT2D eigenvalue weighted by molar-refractivity contribution is 6.32. The quantitative estimate of drug-likeness (QED) is 0.888. The van der Waals surface area contributed by atoms with Crippen LogP contribution in [0.3, 0.4) is 0 Å². The molecule has 0 aromatic carbocycles. The average Bonchev–Trinajstić information content (AvgIpc) is 3.01. The molecule has 2 saturated heterocycles. The maximum absolute atomic E-state index is 12.3. The summed E-state index contributed by atoms with van der Waals surface area (Å²) < 4.78 is 0. The van der Waals surface area contributed by atoms with Gasteiger partial charge in [-0.15, -0.1) is 0 Å². The van der Waals surface area contributed by atoms with E-state index in [-0.39, 0.29) is 11.9 Å². The van der Waals surface area contributed by atoms with E-state index < -0.39 is 0 Å². The fourth-order valence-electron chi connectivity index (χ4n) is 2.86. The number of rotatable bonds is 2. The first-order valence-electron chi connectivity index (χ1n) is 7.13. The van der Waals surface area contributed by atoms with Gasteiger partial charge in [0, 0.05) is 32.4 Å². The van der Waals surface area contributed by atoms with E-state index in [0.29, 0.717) is 5.02 Å². The van der Waals surface area contributed by atoms with Gasteiger partial charge >= 0.3 is 0 Å². The summed E-state index contributed by atoms with van der Waals surface area (Å²) in [6.07, 6.45) is 3.81. The number of anilines is 1. The topological polar surface area (TPSA) is 48.5 Å². The number of nitrogens with one attached hydrogen (secondary N) is 1. The van der Waals surface area contributed by atoms with E-state index in [1.807, 2.05) is 17.0 Å². The number of hydrogen-bond donors (Lipinski definition) is 1. The third kappa shape index (κ3) is 2.74. The van der Waals surface area contributed by atoms with Gasteiger partial charge in [0.05, 0.1) is 11.1 Å². The Morgan fingerprint density at radius 2 is 2.15 bits per heavy atom. The zero-order valence-corrected chi connectivity index (χ0v) is 12.1. The van der Waals surface area contributed by atoms with Gasteiger partial charge in [-0.3, -0.25) is 4.79 Å². The van der Waals surface area contributed by atoms with E-state index in [1.165, 1.54) is 0 Å². The second kappa shape index (κ2) is 5.97. The van der Waals surface area contributed by atoms with Gasteiger partial charge in [-0.1, -0.05) is 11.6 Å². The molecule has 1 aromatic heterocycles. The van der Waals surface area contributed by atoms with Crippen molar-refractivity contribution < 1.29 is 4.79 Å². The van der Waals surface area contributed by atoms with Gasteiger partial charge in [0.1, 0.15) is 5.82 Å². The molecule has 2 aliphatic heterocycles. The first-order chi connectivity index (χ1) is 9.75. The molecule has 0 aliphatic carbocycles. The van der Waals surface area contributed by atoms with Crippen LogP contribution in [0, 0.1) is 0 Å². The molecular formula is C14H19ClN4O. The molecule has 1 atom stereocenters. The number of carbonyl (C=O) groups is 1. The fourth-order valence-corrected chi connectivity index (χ4v) is 3.11. The van der Waals surface area contributed by atoms with E-state index in [1.54, 1.807) is 6.20 Å². The minimum atomic E-state index is 0.0278. The Labute approximate surface area is 123 Å². The second-order valence-corrected chi connectivity index (χ2v) is 5.68. The number of carbonyl (C=O) groups excluding carboxylic acids is 1. The number of nitrogens with zero attached hydrogens (tertiary/aromatic N) is 3. The van der Waals surface area contributed by atoms with Crippen LogP contribution in [0.1, 0.15) is 12.8 Å². The van der Waals surface area contributed by atoms with E-state index in [0.717, 1.165) is 51.4 Å². The van der Waals surface area contributed by atoms with Gasteiger partial charge in [-0.25, -0.2) is 4.98 Å². The van der Waals surface area contributed by atoms with Crippen molar-refractivity contribution in [2.45, 2.75) is 18.9 Å². The molecule has 108 valence electrons. The van der Waals surface area contributed by atoms with Crippen molar-refractivity contribution in [3.8, 4) is 0 Å². The van der Waals surface area contributed by atoms with Crippen LogP contribution in [-0.2, 0) is 4.79 Å². The van der Waals surface area contributed by atoms with Crippen molar-refractivity contribution in [1.29, 1.82) is 0 Å². The molecule has 0 spiro atoms. The predicted octanol–water partition coefficient (Wildman–Crippen LogP) is 1.14. The number of aromatic nitrogens is 1. The second-order valence-electron chi connectivity index (χ2n) is 5.27. The lowest BCUT2D eigenvalue weighted by Gasteiger charge is -2.36. The monoisotopic (exact) mass is 294 g/mol. The summed E-state index contributed by atoms with van der Waals surface area (Å²) in [7, 11) is 0. The third-order valence-corrected chi connectivity index (χ3v) is 4.28. The van der Waals surface area contributed by atoms with Gasteiger partial charge in [-0.05, 0) is 31.5 Å². The van der Waals surface area contributed by atoms with Gasteiger partial charge < -0.3 is 15.1 Å². The van der Waals surface area contributed by atoms with Crippen molar-refractivity contribution >= 4 is 23.3 Å². The van der Waals surface area contributed by atoms with Crippen LogP contribution in [-0.4, -0.2) is 54.6 Å². The predicted molar refractivity (Wildman–Crippen MR) is 79.1 cm³/mol. The molecule has 0 radical (unpaired) electrons. The molecule has 20 heavy (non-hydrogen) atoms. The Morgan fingerprint density at radius 1 is 1.35 bits per heavy atom. The van der Waals surface area contributed by atoms with Crippen LogP contribution in [0.15, 0.2) is 18.3 Å². The minimum absolute atomic E-state index is 0.0278. The average molecular weight is 295 g/mol. The number of pyridine rings is 1. The van der Waals surface area contributed by atoms with Crippen molar-refractivity contribution in [2.75, 3.05) is 37.6 Å². The van der Waals surface area contributed by atoms with Gasteiger partial charge in [0.25, 0.3) is 0 Å². The van der Waals surface area contributed by atoms with Crippen LogP contribution in [0.5, 0.6) is 0 Å². The maximum Gasteiger partial charge on any atom is 0.239 e. The molecule has 2 aliphatic rings. The van der Waals surface area contributed by atoms with E-state index in [9.17, 15) is 4.79 Å². The first-order valence-corrected chi connectivity index (χ1v) is 7.51. The molecule has 6 heteroatoms. The molecule has 3 rings (SSSR count). The summed E-state index contributed by atoms with van der Waals surface area (Å²) >= 11 is 6.17. The molecule has 5 nitrogen and oxygen atoms in total. The van der Waals surface area contributed by atoms with Crippen molar-refractivity contribution in [3.63, 3.8) is 0 Å². The molecule has 1 N–H and O–H groups in total. The standard InChI is InChI=1S/C14H19ClN4O/c15-11-3-1-6-17-13(11)18-7-9-19(10-8-18)14(20)12-4-2-5-16-12/h1,3,6,12,16H,2,4-5,7-10H2/t12-/m0/s1. The zero-order valence-electron chi connectivity index (χ0n) is 11.4. The Bertz CT molecular complexity index is 482. The van der Waals surface area contributed by atoms with E-state index in [4.69, 9.17) is 11.6 Å². The highest BCUT2D eigenvalue weighted by atomic mass is 35.5.